The zero-order chi connectivity index (χ0) is 12.2. The van der Waals surface area contributed by atoms with Crippen LogP contribution in [-0.2, 0) is 7.05 Å². The minimum atomic E-state index is 0.839. The summed E-state index contributed by atoms with van der Waals surface area (Å²) in [6, 6.07) is 0. The third-order valence-corrected chi connectivity index (χ3v) is 4.14. The Labute approximate surface area is 110 Å². The van der Waals surface area contributed by atoms with Gasteiger partial charge in [0.15, 0.2) is 3.92 Å². The summed E-state index contributed by atoms with van der Waals surface area (Å²) >= 11 is 4.86. The summed E-state index contributed by atoms with van der Waals surface area (Å²) in [5.74, 6) is 0. The highest BCUT2D eigenvalue weighted by molar-refractivity contribution is 9.11. The fourth-order valence-corrected chi connectivity index (χ4v) is 3.16. The minimum absolute atomic E-state index is 0.839. The molecule has 0 unspecified atom stereocenters. The first-order valence-electron chi connectivity index (χ1n) is 5.08. The molecule has 88 valence electrons. The SMILES string of the molecule is Cc1nn(C)c(C)c1-c1cn2nc(Br)sc2n1. The van der Waals surface area contributed by atoms with Crippen LogP contribution in [0, 0.1) is 13.8 Å². The van der Waals surface area contributed by atoms with Gasteiger partial charge in [0.05, 0.1) is 17.6 Å². The topological polar surface area (TPSA) is 48.0 Å². The molecule has 0 fully saturated rings. The Kier molecular flexibility index (Phi) is 2.34. The first kappa shape index (κ1) is 10.9. The molecule has 0 atom stereocenters. The fourth-order valence-electron chi connectivity index (χ4n) is 1.94. The van der Waals surface area contributed by atoms with E-state index in [-0.39, 0.29) is 0 Å². The number of imidazole rings is 1. The average Bonchev–Trinajstić information content (AvgIpc) is 2.80. The summed E-state index contributed by atoms with van der Waals surface area (Å²) in [7, 11) is 1.94. The van der Waals surface area contributed by atoms with Gasteiger partial charge >= 0.3 is 0 Å². The average molecular weight is 312 g/mol. The van der Waals surface area contributed by atoms with Crippen molar-refractivity contribution in [2.45, 2.75) is 13.8 Å². The lowest BCUT2D eigenvalue weighted by Gasteiger charge is -1.96. The third kappa shape index (κ3) is 1.61. The van der Waals surface area contributed by atoms with Crippen LogP contribution in [0.3, 0.4) is 0 Å². The molecule has 0 radical (unpaired) electrons. The highest BCUT2D eigenvalue weighted by Crippen LogP contribution is 2.28. The van der Waals surface area contributed by atoms with Gasteiger partial charge < -0.3 is 0 Å². The molecule has 0 aromatic carbocycles. The highest BCUT2D eigenvalue weighted by atomic mass is 79.9. The number of aryl methyl sites for hydroxylation is 2. The minimum Gasteiger partial charge on any atom is -0.272 e. The van der Waals surface area contributed by atoms with Crippen molar-refractivity contribution in [2.75, 3.05) is 0 Å². The maximum absolute atomic E-state index is 4.57. The van der Waals surface area contributed by atoms with Gasteiger partial charge in [-0.1, -0.05) is 11.3 Å². The van der Waals surface area contributed by atoms with Gasteiger partial charge in [-0.2, -0.15) is 5.10 Å². The molecule has 3 rings (SSSR count). The standard InChI is InChI=1S/C10H10BrN5S/c1-5-8(6(2)15(3)13-5)7-4-16-10(12-7)17-9(11)14-16/h4H,1-3H3. The number of aromatic nitrogens is 5. The van der Waals surface area contributed by atoms with Crippen LogP contribution in [0.2, 0.25) is 0 Å². The summed E-state index contributed by atoms with van der Waals surface area (Å²) < 4.78 is 4.50. The summed E-state index contributed by atoms with van der Waals surface area (Å²) in [6.07, 6.45) is 1.94. The van der Waals surface area contributed by atoms with Crippen LogP contribution >= 0.6 is 27.3 Å². The van der Waals surface area contributed by atoms with Gasteiger partial charge in [0, 0.05) is 18.3 Å². The molecule has 0 saturated heterocycles. The Balaban J connectivity index is 2.23. The molecule has 0 N–H and O–H groups in total. The van der Waals surface area contributed by atoms with E-state index in [1.807, 2.05) is 31.8 Å². The van der Waals surface area contributed by atoms with E-state index in [0.29, 0.717) is 0 Å². The molecule has 0 aliphatic rings. The van der Waals surface area contributed by atoms with E-state index in [1.165, 1.54) is 11.3 Å². The van der Waals surface area contributed by atoms with E-state index < -0.39 is 0 Å². The molecule has 0 amide bonds. The maximum Gasteiger partial charge on any atom is 0.213 e. The molecule has 5 nitrogen and oxygen atoms in total. The van der Waals surface area contributed by atoms with E-state index in [1.54, 1.807) is 4.52 Å². The normalized spacial score (nSPS) is 11.5. The molecule has 3 aromatic heterocycles. The van der Waals surface area contributed by atoms with Crippen LogP contribution < -0.4 is 0 Å². The van der Waals surface area contributed by atoms with Crippen LogP contribution in [0.5, 0.6) is 0 Å². The van der Waals surface area contributed by atoms with Crippen LogP contribution in [0.1, 0.15) is 11.4 Å². The summed E-state index contributed by atoms with van der Waals surface area (Å²) in [5, 5.41) is 8.69. The van der Waals surface area contributed by atoms with Gasteiger partial charge in [0.1, 0.15) is 0 Å². The van der Waals surface area contributed by atoms with Crippen molar-refractivity contribution in [3.05, 3.63) is 21.5 Å². The number of hydrogen-bond acceptors (Lipinski definition) is 4. The van der Waals surface area contributed by atoms with Gasteiger partial charge in [0.25, 0.3) is 0 Å². The van der Waals surface area contributed by atoms with Gasteiger partial charge in [-0.15, -0.1) is 5.10 Å². The quantitative estimate of drug-likeness (QED) is 0.694. The monoisotopic (exact) mass is 311 g/mol. The number of halogens is 1. The molecule has 3 aromatic rings. The van der Waals surface area contributed by atoms with Crippen molar-refractivity contribution in [3.63, 3.8) is 0 Å². The number of rotatable bonds is 1. The highest BCUT2D eigenvalue weighted by Gasteiger charge is 2.16. The molecular weight excluding hydrogens is 302 g/mol. The first-order chi connectivity index (χ1) is 8.06. The second kappa shape index (κ2) is 3.64. The van der Waals surface area contributed by atoms with E-state index in [0.717, 1.165) is 31.5 Å². The Hall–Kier alpha value is -1.21. The first-order valence-corrected chi connectivity index (χ1v) is 6.69. The van der Waals surface area contributed by atoms with Gasteiger partial charge in [-0.3, -0.25) is 4.68 Å². The number of hydrogen-bond donors (Lipinski definition) is 0. The second-order valence-corrected chi connectivity index (χ2v) is 6.11. The van der Waals surface area contributed by atoms with Gasteiger partial charge in [-0.25, -0.2) is 9.50 Å². The summed E-state index contributed by atoms with van der Waals surface area (Å²) in [6.45, 7) is 4.05. The Morgan fingerprint density at radius 3 is 2.65 bits per heavy atom. The van der Waals surface area contributed by atoms with E-state index in [9.17, 15) is 0 Å². The van der Waals surface area contributed by atoms with Crippen LogP contribution in [-0.4, -0.2) is 24.4 Å². The second-order valence-electron chi connectivity index (χ2n) is 3.88. The zero-order valence-electron chi connectivity index (χ0n) is 9.60. The molecule has 0 bridgehead atoms. The molecule has 7 heteroatoms. The zero-order valence-corrected chi connectivity index (χ0v) is 12.0. The third-order valence-electron chi connectivity index (χ3n) is 2.78. The van der Waals surface area contributed by atoms with Crippen molar-refractivity contribution in [3.8, 4) is 11.3 Å². The van der Waals surface area contributed by atoms with Gasteiger partial charge in [0.2, 0.25) is 4.96 Å². The fraction of sp³-hybridized carbons (Fsp3) is 0.300. The predicted molar refractivity (Wildman–Crippen MR) is 70.2 cm³/mol. The van der Waals surface area contributed by atoms with Crippen molar-refractivity contribution < 1.29 is 0 Å². The van der Waals surface area contributed by atoms with Crippen LogP contribution in [0.15, 0.2) is 10.1 Å². The van der Waals surface area contributed by atoms with Crippen LogP contribution in [0.4, 0.5) is 0 Å². The van der Waals surface area contributed by atoms with Gasteiger partial charge in [-0.05, 0) is 29.8 Å². The molecule has 0 saturated carbocycles. The molecular formula is C10H10BrN5S. The van der Waals surface area contributed by atoms with E-state index >= 15 is 0 Å². The lowest BCUT2D eigenvalue weighted by atomic mass is 10.1. The Morgan fingerprint density at radius 2 is 2.06 bits per heavy atom. The molecule has 0 aliphatic heterocycles. The Bertz CT molecular complexity index is 676. The number of fused-ring (bicyclic) bond motifs is 1. The maximum atomic E-state index is 4.57. The predicted octanol–water partition coefficient (Wildman–Crippen LogP) is 2.57. The summed E-state index contributed by atoms with van der Waals surface area (Å²) in [5.41, 5.74) is 4.14. The van der Waals surface area contributed by atoms with E-state index in [2.05, 4.69) is 31.1 Å². The van der Waals surface area contributed by atoms with Crippen molar-refractivity contribution in [1.29, 1.82) is 0 Å². The van der Waals surface area contributed by atoms with Crippen LogP contribution in [0.25, 0.3) is 16.2 Å². The Morgan fingerprint density at radius 1 is 1.29 bits per heavy atom. The molecule has 17 heavy (non-hydrogen) atoms. The van der Waals surface area contributed by atoms with Crippen molar-refractivity contribution in [2.24, 2.45) is 7.05 Å². The largest absolute Gasteiger partial charge is 0.272 e. The molecule has 3 heterocycles. The summed E-state index contributed by atoms with van der Waals surface area (Å²) in [4.78, 5) is 5.46. The molecule has 0 spiro atoms. The van der Waals surface area contributed by atoms with E-state index in [4.69, 9.17) is 0 Å². The number of nitrogens with zero attached hydrogens (tertiary/aromatic N) is 5. The molecule has 0 aliphatic carbocycles. The lowest BCUT2D eigenvalue weighted by Crippen LogP contribution is -1.92. The van der Waals surface area contributed by atoms with Crippen molar-refractivity contribution >= 4 is 32.2 Å². The smallest absolute Gasteiger partial charge is 0.213 e. The lowest BCUT2D eigenvalue weighted by molar-refractivity contribution is 0.731. The van der Waals surface area contributed by atoms with Crippen molar-refractivity contribution in [1.82, 2.24) is 24.4 Å².